The predicted molar refractivity (Wildman–Crippen MR) is 65.7 cm³/mol. The smallest absolute Gasteiger partial charge is 0.106 e. The lowest BCUT2D eigenvalue weighted by Crippen LogP contribution is -2.32. The molecular formula is C15H16O2. The van der Waals surface area contributed by atoms with Crippen molar-refractivity contribution in [3.63, 3.8) is 0 Å². The van der Waals surface area contributed by atoms with E-state index in [-0.39, 0.29) is 0 Å². The number of fused-ring (bicyclic) bond motifs is 1. The Kier molecular flexibility index (Phi) is 2.52. The Morgan fingerprint density at radius 3 is 2.88 bits per heavy atom. The van der Waals surface area contributed by atoms with E-state index in [2.05, 4.69) is 6.07 Å². The van der Waals surface area contributed by atoms with E-state index in [0.29, 0.717) is 6.42 Å². The van der Waals surface area contributed by atoms with Gasteiger partial charge < -0.3 is 9.52 Å². The molecule has 88 valence electrons. The lowest BCUT2D eigenvalue weighted by Gasteiger charge is -2.34. The van der Waals surface area contributed by atoms with Crippen LogP contribution in [0.4, 0.5) is 0 Å². The molecule has 1 atom stereocenters. The molecule has 0 bridgehead atoms. The molecule has 2 nitrogen and oxygen atoms in total. The number of furan rings is 1. The second-order valence-electron chi connectivity index (χ2n) is 4.80. The van der Waals surface area contributed by atoms with Crippen LogP contribution < -0.4 is 0 Å². The van der Waals surface area contributed by atoms with Gasteiger partial charge in [-0.2, -0.15) is 0 Å². The number of rotatable bonds is 2. The van der Waals surface area contributed by atoms with Gasteiger partial charge in [-0.05, 0) is 42.5 Å². The van der Waals surface area contributed by atoms with Crippen LogP contribution in [0, 0.1) is 0 Å². The van der Waals surface area contributed by atoms with Crippen LogP contribution in [0.2, 0.25) is 0 Å². The lowest BCUT2D eigenvalue weighted by molar-refractivity contribution is 0.0143. The van der Waals surface area contributed by atoms with Gasteiger partial charge in [0.05, 0.1) is 11.9 Å². The first-order valence-corrected chi connectivity index (χ1v) is 6.11. The normalized spacial score (nSPS) is 23.4. The Balaban J connectivity index is 1.98. The summed E-state index contributed by atoms with van der Waals surface area (Å²) in [5.41, 5.74) is 1.59. The lowest BCUT2D eigenvalue weighted by atomic mass is 9.77. The second-order valence-corrected chi connectivity index (χ2v) is 4.80. The summed E-state index contributed by atoms with van der Waals surface area (Å²) >= 11 is 0. The molecule has 0 aliphatic heterocycles. The zero-order valence-electron chi connectivity index (χ0n) is 9.73. The molecule has 0 radical (unpaired) electrons. The summed E-state index contributed by atoms with van der Waals surface area (Å²) in [4.78, 5) is 0. The first-order valence-electron chi connectivity index (χ1n) is 6.11. The van der Waals surface area contributed by atoms with Crippen LogP contribution in [0.1, 0.15) is 29.7 Å². The van der Waals surface area contributed by atoms with E-state index in [0.717, 1.165) is 30.6 Å². The van der Waals surface area contributed by atoms with E-state index in [1.165, 1.54) is 5.56 Å². The molecule has 1 aliphatic rings. The molecule has 17 heavy (non-hydrogen) atoms. The maximum absolute atomic E-state index is 10.8. The quantitative estimate of drug-likeness (QED) is 0.857. The number of hydrogen-bond acceptors (Lipinski definition) is 2. The maximum Gasteiger partial charge on any atom is 0.106 e. The third-order valence-corrected chi connectivity index (χ3v) is 3.60. The summed E-state index contributed by atoms with van der Waals surface area (Å²) in [6, 6.07) is 12.0. The van der Waals surface area contributed by atoms with Crippen molar-refractivity contribution >= 4 is 0 Å². The molecule has 2 aromatic rings. The van der Waals surface area contributed by atoms with E-state index >= 15 is 0 Å². The first-order chi connectivity index (χ1) is 8.28. The molecule has 0 spiro atoms. The fraction of sp³-hybridized carbons (Fsp3) is 0.333. The van der Waals surface area contributed by atoms with Gasteiger partial charge in [-0.15, -0.1) is 0 Å². The fourth-order valence-corrected chi connectivity index (χ4v) is 2.78. The van der Waals surface area contributed by atoms with Crippen LogP contribution >= 0.6 is 0 Å². The zero-order chi connectivity index (χ0) is 11.7. The molecule has 2 heteroatoms. The maximum atomic E-state index is 10.8. The molecule has 0 fully saturated rings. The topological polar surface area (TPSA) is 33.4 Å². The highest BCUT2D eigenvalue weighted by Gasteiger charge is 2.34. The molecule has 0 saturated carbocycles. The molecule has 1 aromatic heterocycles. The van der Waals surface area contributed by atoms with Gasteiger partial charge in [0.25, 0.3) is 0 Å². The van der Waals surface area contributed by atoms with Crippen molar-refractivity contribution < 1.29 is 9.52 Å². The molecule has 0 saturated heterocycles. The van der Waals surface area contributed by atoms with Gasteiger partial charge in [-0.3, -0.25) is 0 Å². The van der Waals surface area contributed by atoms with E-state index in [9.17, 15) is 5.11 Å². The molecule has 0 amide bonds. The van der Waals surface area contributed by atoms with Crippen LogP contribution in [0.25, 0.3) is 0 Å². The first kappa shape index (κ1) is 10.6. The summed E-state index contributed by atoms with van der Waals surface area (Å²) in [5, 5.41) is 10.8. The van der Waals surface area contributed by atoms with Crippen molar-refractivity contribution in [2.45, 2.75) is 31.3 Å². The monoisotopic (exact) mass is 228 g/mol. The molecule has 3 rings (SSSR count). The number of hydrogen-bond donors (Lipinski definition) is 1. The van der Waals surface area contributed by atoms with Crippen molar-refractivity contribution in [2.24, 2.45) is 0 Å². The minimum atomic E-state index is -0.757. The highest BCUT2D eigenvalue weighted by Crippen LogP contribution is 2.37. The minimum Gasteiger partial charge on any atom is -0.469 e. The Hall–Kier alpha value is -1.54. The Bertz CT molecular complexity index is 501. The SMILES string of the molecule is OC1(Cc2ccco2)CCCc2ccccc21. The van der Waals surface area contributed by atoms with Gasteiger partial charge in [-0.25, -0.2) is 0 Å². The average Bonchev–Trinajstić information content (AvgIpc) is 2.82. The zero-order valence-corrected chi connectivity index (χ0v) is 9.73. The van der Waals surface area contributed by atoms with Crippen molar-refractivity contribution in [2.75, 3.05) is 0 Å². The van der Waals surface area contributed by atoms with Gasteiger partial charge in [0.15, 0.2) is 0 Å². The standard InChI is InChI=1S/C15H16O2/c16-15(11-13-7-4-10-17-13)9-3-6-12-5-1-2-8-14(12)15/h1-2,4-5,7-8,10,16H,3,6,9,11H2. The number of aliphatic hydroxyl groups is 1. The highest BCUT2D eigenvalue weighted by atomic mass is 16.3. The molecule has 1 heterocycles. The average molecular weight is 228 g/mol. The molecule has 1 N–H and O–H groups in total. The Labute approximate surface area is 101 Å². The Morgan fingerprint density at radius 2 is 2.06 bits per heavy atom. The summed E-state index contributed by atoms with van der Waals surface area (Å²) < 4.78 is 5.36. The predicted octanol–water partition coefficient (Wildman–Crippen LogP) is 3.05. The van der Waals surface area contributed by atoms with E-state index in [1.807, 2.05) is 30.3 Å². The van der Waals surface area contributed by atoms with E-state index in [4.69, 9.17) is 4.42 Å². The molecule has 1 aliphatic carbocycles. The van der Waals surface area contributed by atoms with E-state index in [1.54, 1.807) is 6.26 Å². The van der Waals surface area contributed by atoms with Crippen LogP contribution in [0.5, 0.6) is 0 Å². The van der Waals surface area contributed by atoms with Crippen LogP contribution in [0.15, 0.2) is 47.1 Å². The molecular weight excluding hydrogens is 212 g/mol. The second kappa shape index (κ2) is 4.04. The highest BCUT2D eigenvalue weighted by molar-refractivity contribution is 5.35. The van der Waals surface area contributed by atoms with E-state index < -0.39 is 5.60 Å². The summed E-state index contributed by atoms with van der Waals surface area (Å²) in [6.45, 7) is 0. The number of aryl methyl sites for hydroxylation is 1. The summed E-state index contributed by atoms with van der Waals surface area (Å²) in [5.74, 6) is 0.851. The summed E-state index contributed by atoms with van der Waals surface area (Å²) in [7, 11) is 0. The summed E-state index contributed by atoms with van der Waals surface area (Å²) in [6.07, 6.45) is 5.14. The molecule has 1 unspecified atom stereocenters. The number of benzene rings is 1. The van der Waals surface area contributed by atoms with Gasteiger partial charge in [0.1, 0.15) is 5.76 Å². The largest absolute Gasteiger partial charge is 0.469 e. The van der Waals surface area contributed by atoms with Gasteiger partial charge in [0, 0.05) is 6.42 Å². The van der Waals surface area contributed by atoms with Crippen LogP contribution in [0.3, 0.4) is 0 Å². The van der Waals surface area contributed by atoms with Crippen LogP contribution in [-0.2, 0) is 18.4 Å². The van der Waals surface area contributed by atoms with Gasteiger partial charge in [0.2, 0.25) is 0 Å². The fourth-order valence-electron chi connectivity index (χ4n) is 2.78. The Morgan fingerprint density at radius 1 is 1.18 bits per heavy atom. The third-order valence-electron chi connectivity index (χ3n) is 3.60. The van der Waals surface area contributed by atoms with Crippen LogP contribution in [-0.4, -0.2) is 5.11 Å². The minimum absolute atomic E-state index is 0.566. The third kappa shape index (κ3) is 1.89. The van der Waals surface area contributed by atoms with Crippen molar-refractivity contribution in [3.05, 3.63) is 59.5 Å². The van der Waals surface area contributed by atoms with Crippen molar-refractivity contribution in [3.8, 4) is 0 Å². The van der Waals surface area contributed by atoms with Gasteiger partial charge >= 0.3 is 0 Å². The molecule has 1 aromatic carbocycles. The van der Waals surface area contributed by atoms with Gasteiger partial charge in [-0.1, -0.05) is 24.3 Å². The van der Waals surface area contributed by atoms with Crippen molar-refractivity contribution in [1.82, 2.24) is 0 Å². The van der Waals surface area contributed by atoms with Crippen molar-refractivity contribution in [1.29, 1.82) is 0 Å².